The van der Waals surface area contributed by atoms with Crippen LogP contribution in [0.1, 0.15) is 40.9 Å². The largest absolute Gasteiger partial charge is 0.288 e. The van der Waals surface area contributed by atoms with Gasteiger partial charge in [-0.2, -0.15) is 0 Å². The summed E-state index contributed by atoms with van der Waals surface area (Å²) in [7, 11) is 0. The van der Waals surface area contributed by atoms with Gasteiger partial charge in [-0.1, -0.05) is 36.7 Å². The van der Waals surface area contributed by atoms with Gasteiger partial charge in [-0.05, 0) is 35.7 Å². The van der Waals surface area contributed by atoms with E-state index in [4.69, 9.17) is 0 Å². The summed E-state index contributed by atoms with van der Waals surface area (Å²) in [4.78, 5) is 14.1. The van der Waals surface area contributed by atoms with Gasteiger partial charge in [0.15, 0.2) is 0 Å². The first kappa shape index (κ1) is 14.4. The summed E-state index contributed by atoms with van der Waals surface area (Å²) in [6.45, 7) is 6.31. The van der Waals surface area contributed by atoms with Gasteiger partial charge in [0.25, 0.3) is 0 Å². The number of hydrogen-bond donors (Lipinski definition) is 0. The van der Waals surface area contributed by atoms with Gasteiger partial charge >= 0.3 is 0 Å². The second-order valence-corrected chi connectivity index (χ2v) is 7.40. The third kappa shape index (κ3) is 3.31. The number of hydrogen-bond acceptors (Lipinski definition) is 2. The van der Waals surface area contributed by atoms with Crippen molar-refractivity contribution in [1.29, 1.82) is 0 Å². The second-order valence-electron chi connectivity index (χ2n) is 5.40. The zero-order valence-electron chi connectivity index (χ0n) is 11.0. The van der Waals surface area contributed by atoms with Crippen molar-refractivity contribution in [3.8, 4) is 0 Å². The van der Waals surface area contributed by atoms with Gasteiger partial charge in [-0.15, -0.1) is 11.3 Å². The predicted octanol–water partition coefficient (Wildman–Crippen LogP) is 5.18. The molecule has 0 N–H and O–H groups in total. The number of benzene rings is 1. The Morgan fingerprint density at radius 1 is 1.21 bits per heavy atom. The Morgan fingerprint density at radius 2 is 1.89 bits per heavy atom. The Hall–Kier alpha value is -1.00. The zero-order valence-corrected chi connectivity index (χ0v) is 13.4. The first-order valence-electron chi connectivity index (χ1n) is 5.88. The molecule has 0 aliphatic heterocycles. The van der Waals surface area contributed by atoms with Crippen molar-refractivity contribution in [3.05, 3.63) is 55.9 Å². The lowest BCUT2D eigenvalue weighted by atomic mass is 9.95. The fraction of sp³-hybridized carbons (Fsp3) is 0.267. The molecule has 0 unspecified atom stereocenters. The lowest BCUT2D eigenvalue weighted by molar-refractivity contribution is 0.104. The quantitative estimate of drug-likeness (QED) is 0.688. The molecule has 1 aromatic heterocycles. The van der Waals surface area contributed by atoms with E-state index in [1.54, 1.807) is 6.07 Å². The van der Waals surface area contributed by atoms with Crippen molar-refractivity contribution >= 4 is 33.0 Å². The fourth-order valence-electron chi connectivity index (χ4n) is 1.69. The van der Waals surface area contributed by atoms with E-state index in [1.165, 1.54) is 23.5 Å². The molecule has 0 aliphatic rings. The van der Waals surface area contributed by atoms with Crippen LogP contribution in [0.4, 0.5) is 4.39 Å². The first-order chi connectivity index (χ1) is 8.77. The molecule has 0 aliphatic carbocycles. The molecule has 2 rings (SSSR count). The summed E-state index contributed by atoms with van der Waals surface area (Å²) in [5.41, 5.74) is 0.389. The molecule has 1 heterocycles. The minimum Gasteiger partial charge on any atom is -0.288 e. The zero-order chi connectivity index (χ0) is 14.2. The van der Waals surface area contributed by atoms with Gasteiger partial charge in [0.2, 0.25) is 5.78 Å². The molecule has 0 saturated heterocycles. The van der Waals surface area contributed by atoms with Crippen LogP contribution in [0.5, 0.6) is 0 Å². The smallest absolute Gasteiger partial charge is 0.203 e. The number of thiophene rings is 1. The fourth-order valence-corrected chi connectivity index (χ4v) is 3.18. The van der Waals surface area contributed by atoms with E-state index in [-0.39, 0.29) is 11.2 Å². The SMILES string of the molecule is CC(C)(C)c1ccc(C(=O)c2cc(F)cc(Br)c2)s1. The highest BCUT2D eigenvalue weighted by atomic mass is 79.9. The number of ketones is 1. The Bertz CT molecular complexity index is 605. The maximum absolute atomic E-state index is 13.3. The molecule has 100 valence electrons. The van der Waals surface area contributed by atoms with Crippen LogP contribution in [0, 0.1) is 5.82 Å². The minimum atomic E-state index is -0.412. The Labute approximate surface area is 124 Å². The van der Waals surface area contributed by atoms with Crippen molar-refractivity contribution < 1.29 is 9.18 Å². The Morgan fingerprint density at radius 3 is 2.42 bits per heavy atom. The molecule has 0 radical (unpaired) electrons. The van der Waals surface area contributed by atoms with Gasteiger partial charge in [0.05, 0.1) is 4.88 Å². The standard InChI is InChI=1S/C15H14BrFOS/c1-15(2,3)13-5-4-12(19-13)14(18)9-6-10(16)8-11(17)7-9/h4-8H,1-3H3. The highest BCUT2D eigenvalue weighted by molar-refractivity contribution is 9.10. The van der Waals surface area contributed by atoms with E-state index in [0.717, 1.165) is 4.88 Å². The van der Waals surface area contributed by atoms with Crippen LogP contribution >= 0.6 is 27.3 Å². The summed E-state index contributed by atoms with van der Waals surface area (Å²) in [6.07, 6.45) is 0. The van der Waals surface area contributed by atoms with Crippen LogP contribution in [0.3, 0.4) is 0 Å². The molecule has 4 heteroatoms. The van der Waals surface area contributed by atoms with Gasteiger partial charge in [0.1, 0.15) is 5.82 Å². The molecule has 0 saturated carbocycles. The lowest BCUT2D eigenvalue weighted by Crippen LogP contribution is -2.08. The summed E-state index contributed by atoms with van der Waals surface area (Å²) >= 11 is 4.67. The molecular weight excluding hydrogens is 327 g/mol. The molecular formula is C15H14BrFOS. The van der Waals surface area contributed by atoms with E-state index < -0.39 is 5.82 Å². The summed E-state index contributed by atoms with van der Waals surface area (Å²) in [5.74, 6) is -0.550. The van der Waals surface area contributed by atoms with Crippen LogP contribution in [0.25, 0.3) is 0 Å². The van der Waals surface area contributed by atoms with Crippen LogP contribution in [0.15, 0.2) is 34.8 Å². The molecule has 0 amide bonds. The highest BCUT2D eigenvalue weighted by Crippen LogP contribution is 2.31. The second kappa shape index (κ2) is 5.17. The molecule has 19 heavy (non-hydrogen) atoms. The average molecular weight is 341 g/mol. The Kier molecular flexibility index (Phi) is 3.92. The molecule has 0 bridgehead atoms. The van der Waals surface area contributed by atoms with E-state index in [2.05, 4.69) is 36.7 Å². The molecule has 0 spiro atoms. The molecule has 0 fully saturated rings. The van der Waals surface area contributed by atoms with Crippen molar-refractivity contribution in [2.45, 2.75) is 26.2 Å². The van der Waals surface area contributed by atoms with Crippen molar-refractivity contribution in [1.82, 2.24) is 0 Å². The molecule has 1 aromatic carbocycles. The number of halogens is 2. The molecule has 0 atom stereocenters. The average Bonchev–Trinajstić information content (AvgIpc) is 2.75. The Balaban J connectivity index is 2.36. The maximum Gasteiger partial charge on any atom is 0.203 e. The number of carbonyl (C=O) groups is 1. The number of carbonyl (C=O) groups excluding carboxylic acids is 1. The molecule has 2 aromatic rings. The lowest BCUT2D eigenvalue weighted by Gasteiger charge is -2.15. The monoisotopic (exact) mass is 340 g/mol. The first-order valence-corrected chi connectivity index (χ1v) is 7.49. The van der Waals surface area contributed by atoms with Gasteiger partial charge in [0, 0.05) is 14.9 Å². The van der Waals surface area contributed by atoms with Crippen molar-refractivity contribution in [2.24, 2.45) is 0 Å². The van der Waals surface area contributed by atoms with Gasteiger partial charge < -0.3 is 0 Å². The van der Waals surface area contributed by atoms with E-state index in [1.807, 2.05) is 12.1 Å². The summed E-state index contributed by atoms with van der Waals surface area (Å²) < 4.78 is 13.9. The van der Waals surface area contributed by atoms with Crippen molar-refractivity contribution in [3.63, 3.8) is 0 Å². The van der Waals surface area contributed by atoms with Crippen molar-refractivity contribution in [2.75, 3.05) is 0 Å². The maximum atomic E-state index is 13.3. The van der Waals surface area contributed by atoms with Crippen LogP contribution in [-0.4, -0.2) is 5.78 Å². The van der Waals surface area contributed by atoms with Gasteiger partial charge in [-0.3, -0.25) is 4.79 Å². The summed E-state index contributed by atoms with van der Waals surface area (Å²) in [6, 6.07) is 8.02. The summed E-state index contributed by atoms with van der Waals surface area (Å²) in [5, 5.41) is 0. The third-order valence-electron chi connectivity index (χ3n) is 2.69. The van der Waals surface area contributed by atoms with Gasteiger partial charge in [-0.25, -0.2) is 4.39 Å². The minimum absolute atomic E-state index is 0.0196. The normalized spacial score (nSPS) is 11.6. The predicted molar refractivity (Wildman–Crippen MR) is 80.6 cm³/mol. The van der Waals surface area contributed by atoms with Crippen LogP contribution in [-0.2, 0) is 5.41 Å². The van der Waals surface area contributed by atoms with E-state index >= 15 is 0 Å². The topological polar surface area (TPSA) is 17.1 Å². The van der Waals surface area contributed by atoms with Crippen LogP contribution in [0.2, 0.25) is 0 Å². The molecule has 1 nitrogen and oxygen atoms in total. The van der Waals surface area contributed by atoms with E-state index in [9.17, 15) is 9.18 Å². The van der Waals surface area contributed by atoms with E-state index in [0.29, 0.717) is 14.9 Å². The third-order valence-corrected chi connectivity index (χ3v) is 4.66. The van der Waals surface area contributed by atoms with Crippen LogP contribution < -0.4 is 0 Å². The highest BCUT2D eigenvalue weighted by Gasteiger charge is 2.19. The number of rotatable bonds is 2.